The Balaban J connectivity index is 4.46. The van der Waals surface area contributed by atoms with E-state index in [1.807, 2.05) is 6.92 Å². The molecule has 0 fully saturated rings. The topological polar surface area (TPSA) is 43.1 Å². The zero-order chi connectivity index (χ0) is 12.1. The number of primary amides is 1. The molecule has 0 rings (SSSR count). The van der Waals surface area contributed by atoms with Crippen LogP contribution in [0.4, 0.5) is 0 Å². The highest BCUT2D eigenvalue weighted by atomic mass is 16.1. The number of amides is 1. The van der Waals surface area contributed by atoms with Crippen LogP contribution in [-0.4, -0.2) is 5.91 Å². The Morgan fingerprint density at radius 2 is 1.80 bits per heavy atom. The van der Waals surface area contributed by atoms with Gasteiger partial charge in [0, 0.05) is 5.41 Å². The molecule has 0 aromatic carbocycles. The lowest BCUT2D eigenvalue weighted by atomic mass is 9.71. The van der Waals surface area contributed by atoms with Crippen molar-refractivity contribution in [3.8, 4) is 0 Å². The summed E-state index contributed by atoms with van der Waals surface area (Å²) in [5.74, 6) is 0.923. The molecule has 0 aliphatic carbocycles. The van der Waals surface area contributed by atoms with Crippen LogP contribution in [0.25, 0.3) is 0 Å². The predicted octanol–water partition coefficient (Wildman–Crippen LogP) is 3.35. The van der Waals surface area contributed by atoms with E-state index in [4.69, 9.17) is 5.73 Å². The van der Waals surface area contributed by atoms with Crippen LogP contribution in [-0.2, 0) is 4.79 Å². The molecule has 90 valence electrons. The Morgan fingerprint density at radius 1 is 1.27 bits per heavy atom. The lowest BCUT2D eigenvalue weighted by Crippen LogP contribution is -2.40. The van der Waals surface area contributed by atoms with Crippen LogP contribution < -0.4 is 5.73 Å². The van der Waals surface area contributed by atoms with Crippen LogP contribution in [0.5, 0.6) is 0 Å². The van der Waals surface area contributed by atoms with E-state index in [1.54, 1.807) is 0 Å². The second kappa shape index (κ2) is 6.14. The first kappa shape index (κ1) is 14.5. The minimum Gasteiger partial charge on any atom is -0.369 e. The third kappa shape index (κ3) is 3.84. The Labute approximate surface area is 94.6 Å². The summed E-state index contributed by atoms with van der Waals surface area (Å²) < 4.78 is 0. The average molecular weight is 213 g/mol. The molecule has 0 aliphatic heterocycles. The van der Waals surface area contributed by atoms with Crippen molar-refractivity contribution in [2.24, 2.45) is 23.0 Å². The maximum atomic E-state index is 11.5. The smallest absolute Gasteiger partial charge is 0.223 e. The molecule has 0 radical (unpaired) electrons. The second-order valence-corrected chi connectivity index (χ2v) is 5.14. The van der Waals surface area contributed by atoms with Crippen molar-refractivity contribution < 1.29 is 4.79 Å². The number of hydrogen-bond donors (Lipinski definition) is 1. The largest absolute Gasteiger partial charge is 0.369 e. The van der Waals surface area contributed by atoms with Crippen molar-refractivity contribution in [3.05, 3.63) is 0 Å². The van der Waals surface area contributed by atoms with E-state index in [2.05, 4.69) is 27.7 Å². The number of hydrogen-bond acceptors (Lipinski definition) is 1. The highest BCUT2D eigenvalue weighted by Crippen LogP contribution is 2.35. The normalized spacial score (nSPS) is 19.3. The van der Waals surface area contributed by atoms with E-state index in [0.717, 1.165) is 19.3 Å². The maximum absolute atomic E-state index is 11.5. The molecule has 0 aromatic rings. The SMILES string of the molecule is CCC(C)CCC(C)(C(N)=O)C(C)CC. The van der Waals surface area contributed by atoms with Crippen molar-refractivity contribution in [1.82, 2.24) is 0 Å². The first-order chi connectivity index (χ1) is 6.88. The fraction of sp³-hybridized carbons (Fsp3) is 0.923. The summed E-state index contributed by atoms with van der Waals surface area (Å²) in [4.78, 5) is 11.5. The lowest BCUT2D eigenvalue weighted by Gasteiger charge is -2.33. The summed E-state index contributed by atoms with van der Waals surface area (Å²) in [6.07, 6.45) is 4.21. The molecular formula is C13H27NO. The van der Waals surface area contributed by atoms with Crippen molar-refractivity contribution in [2.75, 3.05) is 0 Å². The fourth-order valence-electron chi connectivity index (χ4n) is 1.81. The Bertz CT molecular complexity index is 203. The van der Waals surface area contributed by atoms with Crippen LogP contribution in [0.15, 0.2) is 0 Å². The van der Waals surface area contributed by atoms with Gasteiger partial charge in [-0.2, -0.15) is 0 Å². The summed E-state index contributed by atoms with van der Waals surface area (Å²) in [5.41, 5.74) is 5.21. The molecule has 2 nitrogen and oxygen atoms in total. The summed E-state index contributed by atoms with van der Waals surface area (Å²) in [7, 11) is 0. The van der Waals surface area contributed by atoms with E-state index in [0.29, 0.717) is 11.8 Å². The zero-order valence-electron chi connectivity index (χ0n) is 11.0. The van der Waals surface area contributed by atoms with Crippen LogP contribution in [0.3, 0.4) is 0 Å². The number of carbonyl (C=O) groups excluding carboxylic acids is 1. The van der Waals surface area contributed by atoms with Gasteiger partial charge in [-0.3, -0.25) is 4.79 Å². The summed E-state index contributed by atoms with van der Waals surface area (Å²) in [6.45, 7) is 10.7. The molecule has 0 saturated carbocycles. The van der Waals surface area contributed by atoms with Crippen LogP contribution >= 0.6 is 0 Å². The van der Waals surface area contributed by atoms with Gasteiger partial charge in [-0.05, 0) is 24.7 Å². The number of nitrogens with two attached hydrogens (primary N) is 1. The first-order valence-corrected chi connectivity index (χ1v) is 6.18. The van der Waals surface area contributed by atoms with Crippen molar-refractivity contribution in [3.63, 3.8) is 0 Å². The minimum absolute atomic E-state index is 0.139. The van der Waals surface area contributed by atoms with Gasteiger partial charge in [-0.15, -0.1) is 0 Å². The standard InChI is InChI=1S/C13H27NO/c1-6-10(3)8-9-13(5,12(14)15)11(4)7-2/h10-11H,6-9H2,1-5H3,(H2,14,15). The Hall–Kier alpha value is -0.530. The quantitative estimate of drug-likeness (QED) is 0.692. The molecule has 0 aliphatic rings. The van der Waals surface area contributed by atoms with E-state index in [9.17, 15) is 4.79 Å². The number of rotatable bonds is 7. The minimum atomic E-state index is -0.321. The second-order valence-electron chi connectivity index (χ2n) is 5.14. The highest BCUT2D eigenvalue weighted by Gasteiger charge is 2.35. The molecule has 2 heteroatoms. The van der Waals surface area contributed by atoms with Crippen molar-refractivity contribution in [2.45, 2.75) is 60.3 Å². The monoisotopic (exact) mass is 213 g/mol. The molecule has 1 amide bonds. The van der Waals surface area contributed by atoms with Crippen molar-refractivity contribution in [1.29, 1.82) is 0 Å². The maximum Gasteiger partial charge on any atom is 0.223 e. The van der Waals surface area contributed by atoms with E-state index >= 15 is 0 Å². The molecular weight excluding hydrogens is 186 g/mol. The molecule has 2 N–H and O–H groups in total. The molecule has 0 saturated heterocycles. The zero-order valence-corrected chi connectivity index (χ0v) is 11.0. The molecule has 0 aromatic heterocycles. The van der Waals surface area contributed by atoms with Gasteiger partial charge in [0.05, 0.1) is 0 Å². The number of carbonyl (C=O) groups is 1. The molecule has 3 unspecified atom stereocenters. The van der Waals surface area contributed by atoms with Gasteiger partial charge in [0.25, 0.3) is 0 Å². The van der Waals surface area contributed by atoms with Gasteiger partial charge in [0.1, 0.15) is 0 Å². The Kier molecular flexibility index (Phi) is 5.92. The fourth-order valence-corrected chi connectivity index (χ4v) is 1.81. The Morgan fingerprint density at radius 3 is 2.13 bits per heavy atom. The third-order valence-corrected chi connectivity index (χ3v) is 4.12. The van der Waals surface area contributed by atoms with Crippen LogP contribution in [0.1, 0.15) is 60.3 Å². The van der Waals surface area contributed by atoms with E-state index in [1.165, 1.54) is 6.42 Å². The molecule has 3 atom stereocenters. The van der Waals surface area contributed by atoms with E-state index < -0.39 is 0 Å². The van der Waals surface area contributed by atoms with Gasteiger partial charge in [-0.1, -0.05) is 47.5 Å². The molecule has 0 spiro atoms. The van der Waals surface area contributed by atoms with Crippen molar-refractivity contribution >= 4 is 5.91 Å². The van der Waals surface area contributed by atoms with Gasteiger partial charge in [0.15, 0.2) is 0 Å². The van der Waals surface area contributed by atoms with E-state index in [-0.39, 0.29) is 11.3 Å². The highest BCUT2D eigenvalue weighted by molar-refractivity contribution is 5.80. The van der Waals surface area contributed by atoms with Gasteiger partial charge in [0.2, 0.25) is 5.91 Å². The van der Waals surface area contributed by atoms with Crippen LogP contribution in [0, 0.1) is 17.3 Å². The molecule has 0 bridgehead atoms. The van der Waals surface area contributed by atoms with Gasteiger partial charge < -0.3 is 5.73 Å². The average Bonchev–Trinajstić information content (AvgIpc) is 2.23. The van der Waals surface area contributed by atoms with Gasteiger partial charge in [-0.25, -0.2) is 0 Å². The predicted molar refractivity (Wildman–Crippen MR) is 65.4 cm³/mol. The van der Waals surface area contributed by atoms with Crippen LogP contribution in [0.2, 0.25) is 0 Å². The summed E-state index contributed by atoms with van der Waals surface area (Å²) >= 11 is 0. The first-order valence-electron chi connectivity index (χ1n) is 6.18. The summed E-state index contributed by atoms with van der Waals surface area (Å²) in [5, 5.41) is 0. The molecule has 0 heterocycles. The van der Waals surface area contributed by atoms with Gasteiger partial charge >= 0.3 is 0 Å². The summed E-state index contributed by atoms with van der Waals surface area (Å²) in [6, 6.07) is 0. The lowest BCUT2D eigenvalue weighted by molar-refractivity contribution is -0.130. The molecule has 15 heavy (non-hydrogen) atoms. The third-order valence-electron chi connectivity index (χ3n) is 4.12.